The third-order valence-electron chi connectivity index (χ3n) is 5.21. The third-order valence-corrected chi connectivity index (χ3v) is 7.32. The van der Waals surface area contributed by atoms with Crippen molar-refractivity contribution in [3.05, 3.63) is 82.1 Å². The number of carbonyl (C=O) groups excluding carboxylic acids is 3. The molecule has 0 saturated carbocycles. The molecule has 3 aromatic rings. The smallest absolute Gasteiger partial charge is 0.248 e. The Labute approximate surface area is 203 Å². The van der Waals surface area contributed by atoms with Gasteiger partial charge in [-0.25, -0.2) is 8.78 Å². The molecule has 0 radical (unpaired) electrons. The highest BCUT2D eigenvalue weighted by Gasteiger charge is 2.36. The van der Waals surface area contributed by atoms with E-state index >= 15 is 0 Å². The average Bonchev–Trinajstić information content (AvgIpc) is 3.26. The summed E-state index contributed by atoms with van der Waals surface area (Å²) in [4.78, 5) is 39.2. The maximum absolute atomic E-state index is 13.4. The van der Waals surface area contributed by atoms with Gasteiger partial charge in [-0.05, 0) is 59.1 Å². The van der Waals surface area contributed by atoms with Gasteiger partial charge in [0.05, 0.1) is 17.4 Å². The zero-order chi connectivity index (χ0) is 24.2. The van der Waals surface area contributed by atoms with Gasteiger partial charge in [-0.2, -0.15) is 11.3 Å². The molecule has 34 heavy (non-hydrogen) atoms. The van der Waals surface area contributed by atoms with Crippen molar-refractivity contribution in [2.24, 2.45) is 0 Å². The Morgan fingerprint density at radius 3 is 2.56 bits per heavy atom. The summed E-state index contributed by atoms with van der Waals surface area (Å²) < 4.78 is 26.8. The first-order valence-corrected chi connectivity index (χ1v) is 12.3. The molecule has 3 amide bonds. The summed E-state index contributed by atoms with van der Waals surface area (Å²) in [6.45, 7) is 1.48. The molecule has 0 bridgehead atoms. The highest BCUT2D eigenvalue weighted by Crippen LogP contribution is 2.44. The second-order valence-electron chi connectivity index (χ2n) is 7.81. The first-order chi connectivity index (χ1) is 16.3. The van der Waals surface area contributed by atoms with Crippen molar-refractivity contribution in [1.82, 2.24) is 10.6 Å². The average molecular weight is 502 g/mol. The predicted molar refractivity (Wildman–Crippen MR) is 128 cm³/mol. The van der Waals surface area contributed by atoms with Crippen LogP contribution in [-0.2, 0) is 20.8 Å². The molecule has 3 N–H and O–H groups in total. The monoisotopic (exact) mass is 501 g/mol. The van der Waals surface area contributed by atoms with Crippen molar-refractivity contribution in [2.75, 3.05) is 5.32 Å². The first-order valence-electron chi connectivity index (χ1n) is 10.4. The molecule has 1 aliphatic heterocycles. The van der Waals surface area contributed by atoms with Crippen molar-refractivity contribution in [1.29, 1.82) is 0 Å². The van der Waals surface area contributed by atoms with Crippen LogP contribution in [0.5, 0.6) is 0 Å². The van der Waals surface area contributed by atoms with Crippen LogP contribution in [0, 0.1) is 11.6 Å². The lowest BCUT2D eigenvalue weighted by molar-refractivity contribution is -0.130. The molecule has 2 aromatic carbocycles. The van der Waals surface area contributed by atoms with Crippen LogP contribution in [0.3, 0.4) is 0 Å². The molecule has 176 valence electrons. The van der Waals surface area contributed by atoms with Crippen LogP contribution in [0.25, 0.3) is 0 Å². The molecule has 0 fully saturated rings. The van der Waals surface area contributed by atoms with Crippen LogP contribution in [0.15, 0.2) is 64.2 Å². The molecule has 2 heterocycles. The number of hydrogen-bond acceptors (Lipinski definition) is 5. The summed E-state index contributed by atoms with van der Waals surface area (Å²) in [6.07, 6.45) is -0.293. The summed E-state index contributed by atoms with van der Waals surface area (Å²) in [5, 5.41) is 11.6. The van der Waals surface area contributed by atoms with Crippen molar-refractivity contribution in [3.8, 4) is 0 Å². The van der Waals surface area contributed by atoms with E-state index in [9.17, 15) is 23.2 Å². The second kappa shape index (κ2) is 10.4. The number of para-hydroxylation sites is 1. The van der Waals surface area contributed by atoms with Gasteiger partial charge in [-0.1, -0.05) is 12.1 Å². The topological polar surface area (TPSA) is 87.3 Å². The Balaban J connectivity index is 1.46. The SMILES string of the molecule is C[C@H](NC(=O)Cc1cc(F)cc(F)c1)C(=O)N[C@@H]1C(=O)Nc2ccccc2S[C@@H]1c1ccsc1. The van der Waals surface area contributed by atoms with Crippen LogP contribution in [-0.4, -0.2) is 29.8 Å². The quantitative estimate of drug-likeness (QED) is 0.476. The van der Waals surface area contributed by atoms with Gasteiger partial charge in [0, 0.05) is 11.0 Å². The predicted octanol–water partition coefficient (Wildman–Crippen LogP) is 4.04. The number of benzene rings is 2. The number of nitrogens with one attached hydrogen (secondary N) is 3. The van der Waals surface area contributed by atoms with E-state index in [0.29, 0.717) is 5.69 Å². The van der Waals surface area contributed by atoms with Crippen LogP contribution >= 0.6 is 23.1 Å². The minimum atomic E-state index is -0.975. The zero-order valence-corrected chi connectivity index (χ0v) is 19.6. The van der Waals surface area contributed by atoms with Gasteiger partial charge in [0.2, 0.25) is 17.7 Å². The zero-order valence-electron chi connectivity index (χ0n) is 18.0. The lowest BCUT2D eigenvalue weighted by Crippen LogP contribution is -2.53. The Hall–Kier alpha value is -3.24. The van der Waals surface area contributed by atoms with Crippen molar-refractivity contribution in [3.63, 3.8) is 0 Å². The van der Waals surface area contributed by atoms with Crippen molar-refractivity contribution >= 4 is 46.5 Å². The highest BCUT2D eigenvalue weighted by molar-refractivity contribution is 7.99. The number of thiophene rings is 1. The highest BCUT2D eigenvalue weighted by atomic mass is 32.2. The molecule has 4 rings (SSSR count). The Morgan fingerprint density at radius 2 is 1.85 bits per heavy atom. The molecule has 3 atom stereocenters. The van der Waals surface area contributed by atoms with E-state index < -0.39 is 35.5 Å². The molecular formula is C24H21F2N3O3S2. The largest absolute Gasteiger partial charge is 0.344 e. The summed E-state index contributed by atoms with van der Waals surface area (Å²) in [6, 6.07) is 10.3. The Bertz CT molecular complexity index is 1200. The summed E-state index contributed by atoms with van der Waals surface area (Å²) >= 11 is 2.96. The number of carbonyl (C=O) groups is 3. The van der Waals surface area contributed by atoms with E-state index in [4.69, 9.17) is 0 Å². The van der Waals surface area contributed by atoms with Gasteiger partial charge in [0.15, 0.2) is 0 Å². The minimum absolute atomic E-state index is 0.150. The van der Waals surface area contributed by atoms with Crippen LogP contribution in [0.4, 0.5) is 14.5 Å². The van der Waals surface area contributed by atoms with Gasteiger partial charge in [0.1, 0.15) is 23.7 Å². The molecule has 1 aromatic heterocycles. The van der Waals surface area contributed by atoms with Gasteiger partial charge < -0.3 is 16.0 Å². The van der Waals surface area contributed by atoms with Crippen molar-refractivity contribution in [2.45, 2.75) is 35.6 Å². The van der Waals surface area contributed by atoms with E-state index in [2.05, 4.69) is 16.0 Å². The Kier molecular flexibility index (Phi) is 7.28. The molecule has 0 saturated heterocycles. The molecule has 0 aliphatic carbocycles. The molecule has 10 heteroatoms. The fourth-order valence-corrected chi connectivity index (χ4v) is 5.67. The fraction of sp³-hybridized carbons (Fsp3) is 0.208. The molecule has 0 spiro atoms. The maximum atomic E-state index is 13.4. The van der Waals surface area contributed by atoms with Gasteiger partial charge in [-0.15, -0.1) is 11.8 Å². The van der Waals surface area contributed by atoms with E-state index in [1.807, 2.05) is 35.0 Å². The lowest BCUT2D eigenvalue weighted by Gasteiger charge is -2.25. The first kappa shape index (κ1) is 23.9. The number of thioether (sulfide) groups is 1. The maximum Gasteiger partial charge on any atom is 0.248 e. The summed E-state index contributed by atoms with van der Waals surface area (Å²) in [7, 11) is 0. The number of fused-ring (bicyclic) bond motifs is 1. The molecular weight excluding hydrogens is 480 g/mol. The van der Waals surface area contributed by atoms with E-state index in [-0.39, 0.29) is 23.1 Å². The molecule has 1 aliphatic rings. The van der Waals surface area contributed by atoms with E-state index in [1.54, 1.807) is 6.07 Å². The van der Waals surface area contributed by atoms with Gasteiger partial charge in [-0.3, -0.25) is 14.4 Å². The normalized spacial score (nSPS) is 18.3. The van der Waals surface area contributed by atoms with Crippen LogP contribution in [0.2, 0.25) is 0 Å². The van der Waals surface area contributed by atoms with Gasteiger partial charge in [0.25, 0.3) is 0 Å². The van der Waals surface area contributed by atoms with E-state index in [0.717, 1.165) is 28.7 Å². The number of rotatable bonds is 6. The van der Waals surface area contributed by atoms with Crippen molar-refractivity contribution < 1.29 is 23.2 Å². The molecule has 0 unspecified atom stereocenters. The number of hydrogen-bond donors (Lipinski definition) is 3. The Morgan fingerprint density at radius 1 is 1.12 bits per heavy atom. The third kappa shape index (κ3) is 5.63. The summed E-state index contributed by atoms with van der Waals surface area (Å²) in [5.74, 6) is -3.06. The fourth-order valence-electron chi connectivity index (χ4n) is 3.60. The second-order valence-corrected chi connectivity index (χ2v) is 9.77. The minimum Gasteiger partial charge on any atom is -0.344 e. The summed E-state index contributed by atoms with van der Waals surface area (Å²) in [5.41, 5.74) is 1.72. The number of amides is 3. The standard InChI is InChI=1S/C24H21F2N3O3S2/c1-13(27-20(30)10-14-8-16(25)11-17(26)9-14)23(31)29-21-22(15-6-7-33-12-15)34-19-5-3-2-4-18(19)28-24(21)32/h2-9,11-13,21-22H,10H2,1H3,(H,27,30)(H,28,32)(H,29,31)/t13-,21-,22+/m0/s1. The van der Waals surface area contributed by atoms with Gasteiger partial charge >= 0.3 is 0 Å². The molecule has 6 nitrogen and oxygen atoms in total. The van der Waals surface area contributed by atoms with Crippen LogP contribution < -0.4 is 16.0 Å². The lowest BCUT2D eigenvalue weighted by atomic mass is 10.1. The van der Waals surface area contributed by atoms with Crippen LogP contribution in [0.1, 0.15) is 23.3 Å². The number of halogens is 2. The van der Waals surface area contributed by atoms with E-state index in [1.165, 1.54) is 30.0 Å². The number of anilines is 1.